The van der Waals surface area contributed by atoms with E-state index >= 15 is 0 Å². The molecule has 1 aromatic heterocycles. The first kappa shape index (κ1) is 22.2. The maximum Gasteiger partial charge on any atom is 0.131 e. The highest BCUT2D eigenvalue weighted by atomic mass is 16.5. The molecule has 0 amide bonds. The second-order valence-electron chi connectivity index (χ2n) is 11.0. The zero-order valence-electron chi connectivity index (χ0n) is 22.0. The molecule has 0 spiro atoms. The standard InChI is InChI=1S/C37H27NO/c1-37(2)31-17-8-9-18-34(31)39-35-20-19-26(22-32(35)37)28-15-10-16-29-30-21-24-11-6-7-12-25(24)23-33(30)38(36(28)29)27-13-4-3-5-14-27/h3-23H,1-2H3. The van der Waals surface area contributed by atoms with Gasteiger partial charge in [-0.1, -0.05) is 98.8 Å². The lowest BCUT2D eigenvalue weighted by atomic mass is 9.75. The van der Waals surface area contributed by atoms with E-state index in [4.69, 9.17) is 4.74 Å². The van der Waals surface area contributed by atoms with E-state index in [1.807, 2.05) is 6.07 Å². The maximum atomic E-state index is 6.37. The van der Waals surface area contributed by atoms with E-state index in [2.05, 4.69) is 140 Å². The van der Waals surface area contributed by atoms with Crippen LogP contribution >= 0.6 is 0 Å². The molecular weight excluding hydrogens is 474 g/mol. The van der Waals surface area contributed by atoms with Crippen molar-refractivity contribution in [3.05, 3.63) is 139 Å². The third kappa shape index (κ3) is 3.21. The molecule has 0 aliphatic carbocycles. The lowest BCUT2D eigenvalue weighted by Gasteiger charge is -2.34. The van der Waals surface area contributed by atoms with Gasteiger partial charge in [0.05, 0.1) is 11.0 Å². The van der Waals surface area contributed by atoms with E-state index in [-0.39, 0.29) is 5.41 Å². The van der Waals surface area contributed by atoms with Crippen molar-refractivity contribution in [1.29, 1.82) is 0 Å². The average Bonchev–Trinajstić information content (AvgIpc) is 3.30. The van der Waals surface area contributed by atoms with Crippen LogP contribution < -0.4 is 4.74 Å². The van der Waals surface area contributed by atoms with E-state index in [0.717, 1.165) is 17.2 Å². The summed E-state index contributed by atoms with van der Waals surface area (Å²) < 4.78 is 8.80. The van der Waals surface area contributed by atoms with Gasteiger partial charge in [-0.05, 0) is 58.8 Å². The quantitative estimate of drug-likeness (QED) is 0.230. The molecule has 0 radical (unpaired) electrons. The van der Waals surface area contributed by atoms with Crippen molar-refractivity contribution in [2.24, 2.45) is 0 Å². The minimum atomic E-state index is -0.169. The summed E-state index contributed by atoms with van der Waals surface area (Å²) >= 11 is 0. The van der Waals surface area contributed by atoms with Crippen molar-refractivity contribution in [1.82, 2.24) is 4.57 Å². The SMILES string of the molecule is CC1(C)c2ccccc2Oc2ccc(-c3cccc4c5cc6ccccc6cc5n(-c5ccccc5)c34)cc21. The molecule has 0 saturated heterocycles. The molecule has 8 rings (SSSR count). The first-order valence-corrected chi connectivity index (χ1v) is 13.5. The Morgan fingerprint density at radius 2 is 1.28 bits per heavy atom. The van der Waals surface area contributed by atoms with Gasteiger partial charge in [-0.2, -0.15) is 0 Å². The second kappa shape index (κ2) is 8.09. The molecule has 0 saturated carbocycles. The van der Waals surface area contributed by atoms with Crippen molar-refractivity contribution < 1.29 is 4.74 Å². The van der Waals surface area contributed by atoms with E-state index in [1.54, 1.807) is 0 Å². The van der Waals surface area contributed by atoms with Gasteiger partial charge in [-0.15, -0.1) is 0 Å². The summed E-state index contributed by atoms with van der Waals surface area (Å²) in [5, 5.41) is 5.03. The molecule has 2 heterocycles. The molecule has 0 fully saturated rings. The first-order chi connectivity index (χ1) is 19.1. The molecule has 0 atom stereocenters. The van der Waals surface area contributed by atoms with Gasteiger partial charge < -0.3 is 9.30 Å². The minimum absolute atomic E-state index is 0.169. The summed E-state index contributed by atoms with van der Waals surface area (Å²) in [5.74, 6) is 1.88. The second-order valence-corrected chi connectivity index (χ2v) is 11.0. The van der Waals surface area contributed by atoms with Gasteiger partial charge in [-0.3, -0.25) is 0 Å². The predicted octanol–water partition coefficient (Wildman–Crippen LogP) is 10.0. The van der Waals surface area contributed by atoms with Crippen LogP contribution in [0.4, 0.5) is 0 Å². The van der Waals surface area contributed by atoms with Gasteiger partial charge in [0.25, 0.3) is 0 Å². The minimum Gasteiger partial charge on any atom is -0.457 e. The smallest absolute Gasteiger partial charge is 0.131 e. The Labute approximate surface area is 227 Å². The number of rotatable bonds is 2. The fourth-order valence-electron chi connectivity index (χ4n) is 6.44. The van der Waals surface area contributed by atoms with Gasteiger partial charge in [0, 0.05) is 38.6 Å². The maximum absolute atomic E-state index is 6.37. The van der Waals surface area contributed by atoms with E-state index in [9.17, 15) is 0 Å². The molecule has 7 aromatic rings. The fourth-order valence-corrected chi connectivity index (χ4v) is 6.44. The normalized spacial score (nSPS) is 13.8. The number of hydrogen-bond donors (Lipinski definition) is 0. The summed E-state index contributed by atoms with van der Waals surface area (Å²) in [6, 6.07) is 45.8. The van der Waals surface area contributed by atoms with Gasteiger partial charge >= 0.3 is 0 Å². The molecule has 1 aliphatic rings. The molecule has 0 bridgehead atoms. The topological polar surface area (TPSA) is 14.2 Å². The number of aromatic nitrogens is 1. The summed E-state index contributed by atoms with van der Waals surface area (Å²) in [5.41, 5.74) is 8.28. The molecule has 0 N–H and O–H groups in total. The molecule has 2 nitrogen and oxygen atoms in total. The Morgan fingerprint density at radius 3 is 2.13 bits per heavy atom. The van der Waals surface area contributed by atoms with Crippen molar-refractivity contribution >= 4 is 32.6 Å². The zero-order chi connectivity index (χ0) is 26.1. The van der Waals surface area contributed by atoms with Gasteiger partial charge in [0.2, 0.25) is 0 Å². The van der Waals surface area contributed by atoms with Crippen LogP contribution in [0.25, 0.3) is 49.4 Å². The largest absolute Gasteiger partial charge is 0.457 e. The van der Waals surface area contributed by atoms with Crippen LogP contribution in [0.2, 0.25) is 0 Å². The van der Waals surface area contributed by atoms with Crippen LogP contribution in [0, 0.1) is 0 Å². The van der Waals surface area contributed by atoms with Gasteiger partial charge in [0.1, 0.15) is 11.5 Å². The number of hydrogen-bond acceptors (Lipinski definition) is 1. The fraction of sp³-hybridized carbons (Fsp3) is 0.0811. The molecular formula is C37H27NO. The van der Waals surface area contributed by atoms with Crippen molar-refractivity contribution in [3.63, 3.8) is 0 Å². The molecule has 186 valence electrons. The van der Waals surface area contributed by atoms with Crippen molar-refractivity contribution in [2.75, 3.05) is 0 Å². The lowest BCUT2D eigenvalue weighted by Crippen LogP contribution is -2.24. The zero-order valence-corrected chi connectivity index (χ0v) is 22.0. The monoisotopic (exact) mass is 501 g/mol. The molecule has 6 aromatic carbocycles. The van der Waals surface area contributed by atoms with Gasteiger partial charge in [-0.25, -0.2) is 0 Å². The van der Waals surface area contributed by atoms with Crippen LogP contribution in [0.3, 0.4) is 0 Å². The van der Waals surface area contributed by atoms with Crippen LogP contribution in [0.1, 0.15) is 25.0 Å². The van der Waals surface area contributed by atoms with Gasteiger partial charge in [0.15, 0.2) is 0 Å². The third-order valence-corrected chi connectivity index (χ3v) is 8.41. The Kier molecular flexibility index (Phi) is 4.60. The Morgan fingerprint density at radius 1 is 0.564 bits per heavy atom. The third-order valence-electron chi connectivity index (χ3n) is 8.41. The van der Waals surface area contributed by atoms with Crippen LogP contribution in [-0.2, 0) is 5.41 Å². The lowest BCUT2D eigenvalue weighted by molar-refractivity contribution is 0.418. The summed E-state index contributed by atoms with van der Waals surface area (Å²) in [7, 11) is 0. The van der Waals surface area contributed by atoms with E-state index in [0.29, 0.717) is 0 Å². The summed E-state index contributed by atoms with van der Waals surface area (Å²) in [6.07, 6.45) is 0. The molecule has 39 heavy (non-hydrogen) atoms. The number of fused-ring (bicyclic) bond motifs is 6. The highest BCUT2D eigenvalue weighted by Crippen LogP contribution is 2.49. The average molecular weight is 502 g/mol. The summed E-state index contributed by atoms with van der Waals surface area (Å²) in [6.45, 7) is 4.59. The first-order valence-electron chi connectivity index (χ1n) is 13.5. The molecule has 0 unspecified atom stereocenters. The predicted molar refractivity (Wildman–Crippen MR) is 162 cm³/mol. The van der Waals surface area contributed by atoms with Crippen molar-refractivity contribution in [3.8, 4) is 28.3 Å². The van der Waals surface area contributed by atoms with Crippen LogP contribution in [-0.4, -0.2) is 4.57 Å². The van der Waals surface area contributed by atoms with E-state index in [1.165, 1.54) is 54.8 Å². The number of ether oxygens (including phenoxy) is 1. The van der Waals surface area contributed by atoms with E-state index < -0.39 is 0 Å². The molecule has 2 heteroatoms. The number of nitrogens with zero attached hydrogens (tertiary/aromatic N) is 1. The Hall–Kier alpha value is -4.82. The Balaban J connectivity index is 1.44. The molecule has 1 aliphatic heterocycles. The number of para-hydroxylation sites is 3. The van der Waals surface area contributed by atoms with Crippen LogP contribution in [0.15, 0.2) is 127 Å². The highest BCUT2D eigenvalue weighted by molar-refractivity contribution is 6.17. The van der Waals surface area contributed by atoms with Crippen LogP contribution in [0.5, 0.6) is 11.5 Å². The number of benzene rings is 6. The van der Waals surface area contributed by atoms with Crippen molar-refractivity contribution in [2.45, 2.75) is 19.3 Å². The highest BCUT2D eigenvalue weighted by Gasteiger charge is 2.34. The summed E-state index contributed by atoms with van der Waals surface area (Å²) in [4.78, 5) is 0. The Bertz CT molecular complexity index is 2060.